The zero-order valence-corrected chi connectivity index (χ0v) is 13.2. The molecular weight excluding hydrogens is 326 g/mol. The second kappa shape index (κ2) is 5.82. The molecule has 0 bridgehead atoms. The van der Waals surface area contributed by atoms with Crippen LogP contribution in [0.4, 0.5) is 11.4 Å². The van der Waals surface area contributed by atoms with E-state index < -0.39 is 5.91 Å². The van der Waals surface area contributed by atoms with Crippen LogP contribution in [-0.2, 0) is 4.79 Å². The molecule has 2 aromatic heterocycles. The Kier molecular flexibility index (Phi) is 3.50. The standard InChI is InChI=1S/C17H13N3O5/c1-20-12-5-2-4-10(16(12)24-9-15(20)21)18-17(22)11-8-14(25-19-11)13-6-3-7-23-13/h2-8H,9H2,1H3,(H,18,22). The van der Waals surface area contributed by atoms with Gasteiger partial charge in [0.25, 0.3) is 11.8 Å². The molecule has 8 nitrogen and oxygen atoms in total. The molecule has 0 aliphatic carbocycles. The maximum absolute atomic E-state index is 12.4. The van der Waals surface area contributed by atoms with Gasteiger partial charge in [-0.2, -0.15) is 0 Å². The highest BCUT2D eigenvalue weighted by atomic mass is 16.5. The monoisotopic (exact) mass is 339 g/mol. The molecule has 8 heteroatoms. The predicted octanol–water partition coefficient (Wildman–Crippen LogP) is 2.54. The second-order valence-corrected chi connectivity index (χ2v) is 5.40. The van der Waals surface area contributed by atoms with Crippen molar-refractivity contribution in [1.82, 2.24) is 5.16 Å². The minimum Gasteiger partial charge on any atom is -0.479 e. The number of nitrogens with one attached hydrogen (secondary N) is 1. The van der Waals surface area contributed by atoms with E-state index in [2.05, 4.69) is 10.5 Å². The van der Waals surface area contributed by atoms with Crippen LogP contribution in [0.25, 0.3) is 11.5 Å². The van der Waals surface area contributed by atoms with Crippen LogP contribution in [0.2, 0.25) is 0 Å². The van der Waals surface area contributed by atoms with Crippen molar-refractivity contribution < 1.29 is 23.3 Å². The second-order valence-electron chi connectivity index (χ2n) is 5.40. The molecule has 25 heavy (non-hydrogen) atoms. The Bertz CT molecular complexity index is 945. The highest BCUT2D eigenvalue weighted by Crippen LogP contribution is 2.38. The van der Waals surface area contributed by atoms with Gasteiger partial charge in [-0.15, -0.1) is 0 Å². The van der Waals surface area contributed by atoms with Crippen molar-refractivity contribution in [3.05, 3.63) is 48.4 Å². The van der Waals surface area contributed by atoms with Crippen LogP contribution in [0.5, 0.6) is 5.75 Å². The number of hydrogen-bond donors (Lipinski definition) is 1. The third-order valence-electron chi connectivity index (χ3n) is 3.82. The number of likely N-dealkylation sites (N-methyl/N-ethyl adjacent to an activating group) is 1. The molecule has 0 unspecified atom stereocenters. The number of nitrogens with zero attached hydrogens (tertiary/aromatic N) is 2. The number of amides is 2. The van der Waals surface area contributed by atoms with Crippen molar-refractivity contribution in [2.24, 2.45) is 0 Å². The van der Waals surface area contributed by atoms with Crippen molar-refractivity contribution >= 4 is 23.2 Å². The zero-order chi connectivity index (χ0) is 17.4. The number of aromatic nitrogens is 1. The summed E-state index contributed by atoms with van der Waals surface area (Å²) in [6, 6.07) is 10.1. The van der Waals surface area contributed by atoms with E-state index in [1.54, 1.807) is 37.4 Å². The number of hydrogen-bond acceptors (Lipinski definition) is 6. The number of carbonyl (C=O) groups excluding carboxylic acids is 2. The summed E-state index contributed by atoms with van der Waals surface area (Å²) >= 11 is 0. The molecule has 1 aliphatic rings. The molecule has 0 atom stereocenters. The first-order valence-electron chi connectivity index (χ1n) is 7.48. The SMILES string of the molecule is CN1C(=O)COc2c(NC(=O)c3cc(-c4ccco4)on3)cccc21. The number of benzene rings is 1. The third kappa shape index (κ3) is 2.63. The van der Waals surface area contributed by atoms with Crippen molar-refractivity contribution in [3.63, 3.8) is 0 Å². The van der Waals surface area contributed by atoms with E-state index in [0.717, 1.165) is 0 Å². The first-order valence-corrected chi connectivity index (χ1v) is 7.48. The Labute approximate surface area is 142 Å². The average Bonchev–Trinajstić information content (AvgIpc) is 3.29. The maximum Gasteiger partial charge on any atom is 0.277 e. The van der Waals surface area contributed by atoms with Gasteiger partial charge in [-0.25, -0.2) is 0 Å². The van der Waals surface area contributed by atoms with Gasteiger partial charge in [-0.05, 0) is 24.3 Å². The fourth-order valence-corrected chi connectivity index (χ4v) is 2.51. The van der Waals surface area contributed by atoms with Gasteiger partial charge in [0.15, 0.2) is 23.8 Å². The van der Waals surface area contributed by atoms with Crippen LogP contribution >= 0.6 is 0 Å². The van der Waals surface area contributed by atoms with Gasteiger partial charge in [0.2, 0.25) is 5.76 Å². The first-order chi connectivity index (χ1) is 12.1. The lowest BCUT2D eigenvalue weighted by Gasteiger charge is -2.27. The lowest BCUT2D eigenvalue weighted by molar-refractivity contribution is -0.120. The smallest absolute Gasteiger partial charge is 0.277 e. The Morgan fingerprint density at radius 1 is 1.24 bits per heavy atom. The van der Waals surface area contributed by atoms with Gasteiger partial charge in [0.05, 0.1) is 17.6 Å². The molecule has 3 heterocycles. The zero-order valence-electron chi connectivity index (χ0n) is 13.2. The van der Waals surface area contributed by atoms with Crippen LogP contribution in [-0.4, -0.2) is 30.6 Å². The number of anilines is 2. The molecule has 3 aromatic rings. The number of carbonyl (C=O) groups is 2. The largest absolute Gasteiger partial charge is 0.479 e. The van der Waals surface area contributed by atoms with Crippen molar-refractivity contribution in [2.45, 2.75) is 0 Å². The summed E-state index contributed by atoms with van der Waals surface area (Å²) in [6.07, 6.45) is 1.50. The van der Waals surface area contributed by atoms with Crippen molar-refractivity contribution in [1.29, 1.82) is 0 Å². The van der Waals surface area contributed by atoms with Gasteiger partial charge in [-0.1, -0.05) is 11.2 Å². The molecule has 1 aromatic carbocycles. The van der Waals surface area contributed by atoms with E-state index in [1.807, 2.05) is 0 Å². The molecular formula is C17H13N3O5. The van der Waals surface area contributed by atoms with Crippen LogP contribution in [0.3, 0.4) is 0 Å². The molecule has 0 saturated carbocycles. The predicted molar refractivity (Wildman–Crippen MR) is 87.5 cm³/mol. The maximum atomic E-state index is 12.4. The van der Waals surface area contributed by atoms with Gasteiger partial charge < -0.3 is 23.9 Å². The Balaban J connectivity index is 1.59. The third-order valence-corrected chi connectivity index (χ3v) is 3.82. The molecule has 0 spiro atoms. The molecule has 4 rings (SSSR count). The van der Waals surface area contributed by atoms with E-state index in [-0.39, 0.29) is 18.2 Å². The fourth-order valence-electron chi connectivity index (χ4n) is 2.51. The van der Waals surface area contributed by atoms with E-state index >= 15 is 0 Å². The molecule has 0 radical (unpaired) electrons. The van der Waals surface area contributed by atoms with E-state index in [0.29, 0.717) is 28.6 Å². The van der Waals surface area contributed by atoms with Gasteiger partial charge in [0.1, 0.15) is 0 Å². The summed E-state index contributed by atoms with van der Waals surface area (Å²) in [5.41, 5.74) is 1.14. The normalized spacial score (nSPS) is 13.3. The molecule has 126 valence electrons. The summed E-state index contributed by atoms with van der Waals surface area (Å²) in [7, 11) is 1.66. The molecule has 1 aliphatic heterocycles. The Hall–Kier alpha value is -3.55. The highest BCUT2D eigenvalue weighted by Gasteiger charge is 2.25. The minimum atomic E-state index is -0.460. The van der Waals surface area contributed by atoms with Crippen molar-refractivity contribution in [3.8, 4) is 17.3 Å². The highest BCUT2D eigenvalue weighted by molar-refractivity contribution is 6.06. The van der Waals surface area contributed by atoms with Gasteiger partial charge in [-0.3, -0.25) is 9.59 Å². The van der Waals surface area contributed by atoms with E-state index in [4.69, 9.17) is 13.7 Å². The van der Waals surface area contributed by atoms with E-state index in [1.165, 1.54) is 17.2 Å². The summed E-state index contributed by atoms with van der Waals surface area (Å²) in [5.74, 6) is 0.653. The Morgan fingerprint density at radius 2 is 2.12 bits per heavy atom. The summed E-state index contributed by atoms with van der Waals surface area (Å²) < 4.78 is 15.8. The number of furan rings is 1. The van der Waals surface area contributed by atoms with Crippen LogP contribution in [0.1, 0.15) is 10.5 Å². The fraction of sp³-hybridized carbons (Fsp3) is 0.118. The number of fused-ring (bicyclic) bond motifs is 1. The topological polar surface area (TPSA) is 97.8 Å². The molecule has 0 saturated heterocycles. The van der Waals surface area contributed by atoms with Crippen molar-refractivity contribution in [2.75, 3.05) is 23.9 Å². The van der Waals surface area contributed by atoms with Crippen LogP contribution in [0.15, 0.2) is 51.6 Å². The number of ether oxygens (including phenoxy) is 1. The van der Waals surface area contributed by atoms with Gasteiger partial charge in [0, 0.05) is 13.1 Å². The Morgan fingerprint density at radius 3 is 2.92 bits per heavy atom. The number of rotatable bonds is 3. The van der Waals surface area contributed by atoms with Gasteiger partial charge >= 0.3 is 0 Å². The first kappa shape index (κ1) is 15.0. The summed E-state index contributed by atoms with van der Waals surface area (Å²) in [4.78, 5) is 25.6. The molecule has 2 amide bonds. The number of para-hydroxylation sites is 1. The average molecular weight is 339 g/mol. The summed E-state index contributed by atoms with van der Waals surface area (Å²) in [5, 5.41) is 6.48. The lowest BCUT2D eigenvalue weighted by Crippen LogP contribution is -2.35. The lowest BCUT2D eigenvalue weighted by atomic mass is 10.2. The minimum absolute atomic E-state index is 0.0804. The van der Waals surface area contributed by atoms with Crippen LogP contribution < -0.4 is 15.0 Å². The molecule has 1 N–H and O–H groups in total. The van der Waals surface area contributed by atoms with Crippen LogP contribution in [0, 0.1) is 0 Å². The van der Waals surface area contributed by atoms with E-state index in [9.17, 15) is 9.59 Å². The quantitative estimate of drug-likeness (QED) is 0.787. The summed E-state index contributed by atoms with van der Waals surface area (Å²) in [6.45, 7) is -0.0804. The molecule has 0 fully saturated rings.